The Hall–Kier alpha value is -1.70. The highest BCUT2D eigenvalue weighted by atomic mass is 16.5. The lowest BCUT2D eigenvalue weighted by Gasteiger charge is -2.25. The van der Waals surface area contributed by atoms with Gasteiger partial charge in [-0.05, 0) is 19.4 Å². The van der Waals surface area contributed by atoms with Crippen LogP contribution >= 0.6 is 0 Å². The summed E-state index contributed by atoms with van der Waals surface area (Å²) in [5, 5.41) is 37.2. The van der Waals surface area contributed by atoms with E-state index in [-0.39, 0.29) is 22.5 Å². The second-order valence-electron chi connectivity index (χ2n) is 3.75. The van der Waals surface area contributed by atoms with Crippen LogP contribution in [0.1, 0.15) is 27.3 Å². The van der Waals surface area contributed by atoms with Gasteiger partial charge in [0.05, 0.1) is 5.69 Å². The number of aromatic amines is 1. The minimum atomic E-state index is -2.96. The summed E-state index contributed by atoms with van der Waals surface area (Å²) in [6.45, 7) is 2.85. The van der Waals surface area contributed by atoms with Crippen LogP contribution in [0.15, 0.2) is 0 Å². The third-order valence-corrected chi connectivity index (χ3v) is 2.58. The van der Waals surface area contributed by atoms with Crippen molar-refractivity contribution in [2.24, 2.45) is 0 Å². The molecule has 0 spiro atoms. The van der Waals surface area contributed by atoms with E-state index in [1.807, 2.05) is 0 Å². The minimum absolute atomic E-state index is 0.0996. The van der Waals surface area contributed by atoms with Crippen molar-refractivity contribution in [2.45, 2.75) is 25.7 Å². The third-order valence-electron chi connectivity index (χ3n) is 2.58. The number of aldehydes is 1. The van der Waals surface area contributed by atoms with Gasteiger partial charge >= 0.3 is 5.97 Å². The first-order chi connectivity index (χ1) is 7.73. The number of aliphatic hydroxyl groups excluding tert-OH is 1. The fourth-order valence-electron chi connectivity index (χ4n) is 1.75. The Balaban J connectivity index is 3.37. The van der Waals surface area contributed by atoms with Crippen molar-refractivity contribution in [3.05, 3.63) is 22.5 Å². The van der Waals surface area contributed by atoms with Crippen molar-refractivity contribution in [3.63, 3.8) is 0 Å². The van der Waals surface area contributed by atoms with Crippen molar-refractivity contribution in [3.8, 4) is 0 Å². The van der Waals surface area contributed by atoms with Crippen LogP contribution in [-0.2, 0) is 10.6 Å². The highest BCUT2D eigenvalue weighted by molar-refractivity contribution is 5.77. The number of rotatable bonds is 4. The first kappa shape index (κ1) is 13.4. The lowest BCUT2D eigenvalue weighted by molar-refractivity contribution is -0.238. The molecule has 7 nitrogen and oxygen atoms in total. The van der Waals surface area contributed by atoms with E-state index in [2.05, 4.69) is 4.98 Å². The first-order valence-electron chi connectivity index (χ1n) is 4.73. The number of H-pyrrole nitrogens is 1. The van der Waals surface area contributed by atoms with E-state index in [9.17, 15) is 24.9 Å². The zero-order valence-electron chi connectivity index (χ0n) is 9.26. The molecule has 0 aliphatic rings. The molecule has 1 atom stereocenters. The molecule has 0 saturated carbocycles. The van der Waals surface area contributed by atoms with E-state index in [4.69, 9.17) is 5.11 Å². The average Bonchev–Trinajstić information content (AvgIpc) is 2.52. The number of hydrogen-bond donors (Lipinski definition) is 5. The Labute approximate surface area is 96.3 Å². The van der Waals surface area contributed by atoms with Gasteiger partial charge in [0.25, 0.3) is 0 Å². The number of aliphatic carboxylic acids is 1. The Morgan fingerprint density at radius 2 is 1.94 bits per heavy atom. The maximum Gasteiger partial charge on any atom is 0.338 e. The number of carbonyl (C=O) groups is 2. The quantitative estimate of drug-likeness (QED) is 0.341. The predicted octanol–water partition coefficient (Wildman–Crippen LogP) is -0.973. The summed E-state index contributed by atoms with van der Waals surface area (Å²) in [6, 6.07) is 0. The SMILES string of the molecule is Cc1[nH]c(C=O)c(C)c1C(O)(O)C(O)C(=O)O. The Kier molecular flexibility index (Phi) is 3.37. The first-order valence-corrected chi connectivity index (χ1v) is 4.73. The highest BCUT2D eigenvalue weighted by Gasteiger charge is 2.43. The molecule has 0 aromatic carbocycles. The van der Waals surface area contributed by atoms with Crippen molar-refractivity contribution in [1.29, 1.82) is 0 Å². The largest absolute Gasteiger partial charge is 0.479 e. The minimum Gasteiger partial charge on any atom is -0.479 e. The lowest BCUT2D eigenvalue weighted by Crippen LogP contribution is -2.45. The molecule has 1 aromatic heterocycles. The van der Waals surface area contributed by atoms with Crippen molar-refractivity contribution < 1.29 is 30.0 Å². The van der Waals surface area contributed by atoms with Gasteiger partial charge in [-0.2, -0.15) is 0 Å². The van der Waals surface area contributed by atoms with E-state index in [1.165, 1.54) is 13.8 Å². The molecule has 0 amide bonds. The number of carboxylic acids is 1. The van der Waals surface area contributed by atoms with E-state index >= 15 is 0 Å². The van der Waals surface area contributed by atoms with Crippen molar-refractivity contribution >= 4 is 12.3 Å². The van der Waals surface area contributed by atoms with E-state index < -0.39 is 17.9 Å². The van der Waals surface area contributed by atoms with Crippen LogP contribution in [0.4, 0.5) is 0 Å². The maximum atomic E-state index is 10.7. The van der Waals surface area contributed by atoms with Crippen molar-refractivity contribution in [1.82, 2.24) is 4.98 Å². The number of carboxylic acid groups (broad SMARTS) is 1. The molecule has 1 unspecified atom stereocenters. The molecule has 1 heterocycles. The van der Waals surface area contributed by atoms with Gasteiger partial charge in [0.1, 0.15) is 0 Å². The monoisotopic (exact) mass is 243 g/mol. The fourth-order valence-corrected chi connectivity index (χ4v) is 1.75. The summed E-state index contributed by atoms with van der Waals surface area (Å²) in [7, 11) is 0. The number of nitrogens with one attached hydrogen (secondary N) is 1. The second kappa shape index (κ2) is 4.28. The molecular formula is C10H13NO6. The highest BCUT2D eigenvalue weighted by Crippen LogP contribution is 2.30. The van der Waals surface area contributed by atoms with Crippen LogP contribution in [0.3, 0.4) is 0 Å². The molecule has 5 N–H and O–H groups in total. The van der Waals surface area contributed by atoms with Gasteiger partial charge in [-0.3, -0.25) is 4.79 Å². The average molecular weight is 243 g/mol. The molecule has 0 saturated heterocycles. The fraction of sp³-hybridized carbons (Fsp3) is 0.400. The van der Waals surface area contributed by atoms with Crippen LogP contribution in [0.25, 0.3) is 0 Å². The molecule has 1 rings (SSSR count). The van der Waals surface area contributed by atoms with Crippen LogP contribution in [0.5, 0.6) is 0 Å². The Morgan fingerprint density at radius 1 is 1.41 bits per heavy atom. The molecule has 7 heteroatoms. The maximum absolute atomic E-state index is 10.7. The summed E-state index contributed by atoms with van der Waals surface area (Å²) in [6.07, 6.45) is -1.94. The topological polar surface area (TPSA) is 131 Å². The van der Waals surface area contributed by atoms with Crippen LogP contribution in [0.2, 0.25) is 0 Å². The van der Waals surface area contributed by atoms with E-state index in [1.54, 1.807) is 0 Å². The number of aliphatic hydroxyl groups is 3. The summed E-state index contributed by atoms with van der Waals surface area (Å²) in [4.78, 5) is 23.8. The van der Waals surface area contributed by atoms with Crippen LogP contribution in [-0.4, -0.2) is 43.8 Å². The van der Waals surface area contributed by atoms with Gasteiger partial charge in [0.15, 0.2) is 6.29 Å². The molecule has 0 radical (unpaired) electrons. The smallest absolute Gasteiger partial charge is 0.338 e. The normalized spacial score (nSPS) is 13.5. The van der Waals surface area contributed by atoms with Crippen LogP contribution < -0.4 is 0 Å². The van der Waals surface area contributed by atoms with Gasteiger partial charge < -0.3 is 25.4 Å². The number of aromatic nitrogens is 1. The van der Waals surface area contributed by atoms with Gasteiger partial charge in [0, 0.05) is 11.3 Å². The molecule has 1 aromatic rings. The van der Waals surface area contributed by atoms with E-state index in [0.29, 0.717) is 6.29 Å². The molecule has 0 fully saturated rings. The molecule has 0 bridgehead atoms. The zero-order valence-corrected chi connectivity index (χ0v) is 9.26. The zero-order chi connectivity index (χ0) is 13.4. The van der Waals surface area contributed by atoms with Crippen LogP contribution in [0, 0.1) is 13.8 Å². The summed E-state index contributed by atoms with van der Waals surface area (Å²) >= 11 is 0. The number of carbonyl (C=O) groups excluding carboxylic acids is 1. The van der Waals surface area contributed by atoms with Gasteiger partial charge in [0.2, 0.25) is 11.9 Å². The molecule has 0 aliphatic heterocycles. The summed E-state index contributed by atoms with van der Waals surface area (Å²) < 4.78 is 0. The molecule has 0 aliphatic carbocycles. The predicted molar refractivity (Wildman–Crippen MR) is 55.4 cm³/mol. The summed E-state index contributed by atoms with van der Waals surface area (Å²) in [5.41, 5.74) is 0.273. The third kappa shape index (κ3) is 2.07. The van der Waals surface area contributed by atoms with Crippen molar-refractivity contribution in [2.75, 3.05) is 0 Å². The van der Waals surface area contributed by atoms with Gasteiger partial charge in [-0.25, -0.2) is 4.79 Å². The second-order valence-corrected chi connectivity index (χ2v) is 3.75. The number of aryl methyl sites for hydroxylation is 1. The number of hydrogen-bond acceptors (Lipinski definition) is 5. The Morgan fingerprint density at radius 3 is 2.29 bits per heavy atom. The molecular weight excluding hydrogens is 230 g/mol. The summed E-state index contributed by atoms with van der Waals surface area (Å²) in [5.74, 6) is -4.74. The molecule has 94 valence electrons. The van der Waals surface area contributed by atoms with Gasteiger partial charge in [-0.15, -0.1) is 0 Å². The lowest BCUT2D eigenvalue weighted by atomic mass is 9.96. The van der Waals surface area contributed by atoms with E-state index in [0.717, 1.165) is 0 Å². The Bertz CT molecular complexity index is 462. The standard InChI is InChI=1S/C10H13NO6/c1-4-6(3-12)11-5(2)7(4)10(16,17)8(13)9(14)15/h3,8,11,13,16-17H,1-2H3,(H,14,15). The van der Waals surface area contributed by atoms with Gasteiger partial charge in [-0.1, -0.05) is 0 Å². The molecule has 17 heavy (non-hydrogen) atoms.